The van der Waals surface area contributed by atoms with Crippen LogP contribution in [-0.2, 0) is 0 Å². The molecule has 2 aromatic carbocycles. The number of carbonyl (C=O) groups excluding carboxylic acids is 1. The summed E-state index contributed by atoms with van der Waals surface area (Å²) >= 11 is 6.01. The Labute approximate surface area is 145 Å². The highest BCUT2D eigenvalue weighted by Crippen LogP contribution is 2.25. The second kappa shape index (κ2) is 7.84. The number of nitrogens with zero attached hydrogens (tertiary/aromatic N) is 1. The van der Waals surface area contributed by atoms with Crippen LogP contribution < -0.4 is 10.2 Å². The Balaban J connectivity index is 2.32. The van der Waals surface area contributed by atoms with Gasteiger partial charge < -0.3 is 15.3 Å². The fourth-order valence-electron chi connectivity index (χ4n) is 2.47. The van der Waals surface area contributed by atoms with E-state index in [4.69, 9.17) is 11.6 Å². The average molecular weight is 347 g/mol. The molecule has 0 atom stereocenters. The van der Waals surface area contributed by atoms with E-state index < -0.39 is 5.97 Å². The van der Waals surface area contributed by atoms with Gasteiger partial charge in [-0.25, -0.2) is 4.79 Å². The number of carbonyl (C=O) groups is 2. The first-order chi connectivity index (χ1) is 11.5. The highest BCUT2D eigenvalue weighted by Gasteiger charge is 2.16. The van der Waals surface area contributed by atoms with Crippen molar-refractivity contribution in [3.8, 4) is 0 Å². The van der Waals surface area contributed by atoms with Gasteiger partial charge in [-0.1, -0.05) is 23.7 Å². The van der Waals surface area contributed by atoms with Crippen LogP contribution in [-0.4, -0.2) is 30.1 Å². The second-order valence-corrected chi connectivity index (χ2v) is 5.55. The number of halogens is 1. The Hall–Kier alpha value is -2.53. The van der Waals surface area contributed by atoms with Gasteiger partial charge in [0.05, 0.1) is 21.8 Å². The zero-order chi connectivity index (χ0) is 17.7. The van der Waals surface area contributed by atoms with Gasteiger partial charge in [0, 0.05) is 18.8 Å². The molecule has 0 heterocycles. The summed E-state index contributed by atoms with van der Waals surface area (Å²) in [5.41, 5.74) is 1.52. The molecule has 24 heavy (non-hydrogen) atoms. The first kappa shape index (κ1) is 17.8. The van der Waals surface area contributed by atoms with Crippen molar-refractivity contribution in [2.75, 3.05) is 23.3 Å². The van der Waals surface area contributed by atoms with Gasteiger partial charge in [-0.15, -0.1) is 0 Å². The van der Waals surface area contributed by atoms with E-state index in [2.05, 4.69) is 5.32 Å². The molecule has 2 aromatic rings. The van der Waals surface area contributed by atoms with Gasteiger partial charge >= 0.3 is 5.97 Å². The Morgan fingerprint density at radius 3 is 2.33 bits per heavy atom. The maximum absolute atomic E-state index is 12.3. The normalized spacial score (nSPS) is 10.3. The first-order valence-corrected chi connectivity index (χ1v) is 8.03. The lowest BCUT2D eigenvalue weighted by Crippen LogP contribution is -2.24. The number of hydrogen-bond acceptors (Lipinski definition) is 3. The Bertz CT molecular complexity index is 758. The summed E-state index contributed by atoms with van der Waals surface area (Å²) in [4.78, 5) is 25.8. The van der Waals surface area contributed by atoms with Crippen molar-refractivity contribution in [3.63, 3.8) is 0 Å². The van der Waals surface area contributed by atoms with Crippen LogP contribution in [0.25, 0.3) is 0 Å². The zero-order valence-corrected chi connectivity index (χ0v) is 14.3. The van der Waals surface area contributed by atoms with Gasteiger partial charge in [-0.3, -0.25) is 4.79 Å². The van der Waals surface area contributed by atoms with Gasteiger partial charge in [-0.05, 0) is 44.2 Å². The molecule has 0 aromatic heterocycles. The van der Waals surface area contributed by atoms with Crippen LogP contribution in [0.1, 0.15) is 34.6 Å². The van der Waals surface area contributed by atoms with Gasteiger partial charge in [0.25, 0.3) is 5.91 Å². The summed E-state index contributed by atoms with van der Waals surface area (Å²) in [6.07, 6.45) is 0. The number of carboxylic acid groups (broad SMARTS) is 1. The molecule has 0 fully saturated rings. The van der Waals surface area contributed by atoms with E-state index in [1.807, 2.05) is 18.7 Å². The van der Waals surface area contributed by atoms with Crippen molar-refractivity contribution >= 4 is 34.9 Å². The van der Waals surface area contributed by atoms with E-state index >= 15 is 0 Å². The molecule has 0 spiro atoms. The molecule has 0 radical (unpaired) electrons. The molecule has 1 amide bonds. The Morgan fingerprint density at radius 2 is 1.75 bits per heavy atom. The zero-order valence-electron chi connectivity index (χ0n) is 13.5. The molecule has 2 N–H and O–H groups in total. The molecular formula is C18H19ClN2O3. The minimum atomic E-state index is -1.04. The Morgan fingerprint density at radius 1 is 1.08 bits per heavy atom. The van der Waals surface area contributed by atoms with Crippen LogP contribution >= 0.6 is 11.6 Å². The lowest BCUT2D eigenvalue weighted by atomic mass is 10.1. The SMILES string of the molecule is CCN(CC)c1ccc(NC(=O)c2ccccc2Cl)cc1C(=O)O. The molecule has 0 saturated carbocycles. The van der Waals surface area contributed by atoms with E-state index in [0.717, 1.165) is 0 Å². The smallest absolute Gasteiger partial charge is 0.337 e. The van der Waals surface area contributed by atoms with Crippen LogP contribution in [0.15, 0.2) is 42.5 Å². The number of hydrogen-bond donors (Lipinski definition) is 2. The molecule has 0 unspecified atom stereocenters. The Kier molecular flexibility index (Phi) is 5.82. The van der Waals surface area contributed by atoms with E-state index in [1.54, 1.807) is 36.4 Å². The first-order valence-electron chi connectivity index (χ1n) is 7.66. The summed E-state index contributed by atoms with van der Waals surface area (Å²) in [6, 6.07) is 11.5. The molecule has 0 saturated heterocycles. The third-order valence-corrected chi connectivity index (χ3v) is 4.04. The minimum Gasteiger partial charge on any atom is -0.478 e. The number of nitrogens with one attached hydrogen (secondary N) is 1. The van der Waals surface area contributed by atoms with Gasteiger partial charge in [-0.2, -0.15) is 0 Å². The fourth-order valence-corrected chi connectivity index (χ4v) is 2.69. The monoisotopic (exact) mass is 346 g/mol. The molecule has 6 heteroatoms. The second-order valence-electron chi connectivity index (χ2n) is 5.14. The lowest BCUT2D eigenvalue weighted by molar-refractivity contribution is 0.0697. The van der Waals surface area contributed by atoms with Crippen molar-refractivity contribution in [1.29, 1.82) is 0 Å². The van der Waals surface area contributed by atoms with Gasteiger partial charge in [0.15, 0.2) is 0 Å². The number of aromatic carboxylic acids is 1. The molecule has 5 nitrogen and oxygen atoms in total. The lowest BCUT2D eigenvalue weighted by Gasteiger charge is -2.23. The van der Waals surface area contributed by atoms with E-state index in [9.17, 15) is 14.7 Å². The van der Waals surface area contributed by atoms with E-state index in [0.29, 0.717) is 35.1 Å². The predicted molar refractivity (Wildman–Crippen MR) is 96.4 cm³/mol. The highest BCUT2D eigenvalue weighted by molar-refractivity contribution is 6.34. The van der Waals surface area contributed by atoms with Crippen LogP contribution in [0.2, 0.25) is 5.02 Å². The van der Waals surface area contributed by atoms with Crippen molar-refractivity contribution < 1.29 is 14.7 Å². The number of benzene rings is 2. The third-order valence-electron chi connectivity index (χ3n) is 3.71. The fraction of sp³-hybridized carbons (Fsp3) is 0.222. The molecule has 2 rings (SSSR count). The topological polar surface area (TPSA) is 69.6 Å². The van der Waals surface area contributed by atoms with Crippen LogP contribution in [0, 0.1) is 0 Å². The summed E-state index contributed by atoms with van der Waals surface area (Å²) in [5, 5.41) is 12.5. The number of anilines is 2. The average Bonchev–Trinajstić information content (AvgIpc) is 2.57. The predicted octanol–water partition coefficient (Wildman–Crippen LogP) is 4.14. The van der Waals surface area contributed by atoms with Gasteiger partial charge in [0.2, 0.25) is 0 Å². The van der Waals surface area contributed by atoms with Crippen molar-refractivity contribution in [1.82, 2.24) is 0 Å². The molecule has 126 valence electrons. The van der Waals surface area contributed by atoms with Crippen molar-refractivity contribution in [2.45, 2.75) is 13.8 Å². The van der Waals surface area contributed by atoms with Crippen LogP contribution in [0.3, 0.4) is 0 Å². The van der Waals surface area contributed by atoms with Gasteiger partial charge in [0.1, 0.15) is 0 Å². The summed E-state index contributed by atoms with van der Waals surface area (Å²) in [5.74, 6) is -1.42. The third kappa shape index (κ3) is 3.86. The number of amides is 1. The molecule has 0 aliphatic heterocycles. The quantitative estimate of drug-likeness (QED) is 0.824. The minimum absolute atomic E-state index is 0.149. The molecular weight excluding hydrogens is 328 g/mol. The summed E-state index contributed by atoms with van der Waals surface area (Å²) in [6.45, 7) is 5.31. The number of rotatable bonds is 6. The largest absolute Gasteiger partial charge is 0.478 e. The maximum Gasteiger partial charge on any atom is 0.337 e. The molecule has 0 aliphatic rings. The van der Waals surface area contributed by atoms with Crippen molar-refractivity contribution in [3.05, 3.63) is 58.6 Å². The van der Waals surface area contributed by atoms with E-state index in [1.165, 1.54) is 6.07 Å². The van der Waals surface area contributed by atoms with E-state index in [-0.39, 0.29) is 11.5 Å². The van der Waals surface area contributed by atoms with Crippen LogP contribution in [0.5, 0.6) is 0 Å². The van der Waals surface area contributed by atoms with Crippen molar-refractivity contribution in [2.24, 2.45) is 0 Å². The standard InChI is InChI=1S/C18H19ClN2O3/c1-3-21(4-2)16-10-9-12(11-14(16)18(23)24)20-17(22)13-7-5-6-8-15(13)19/h5-11H,3-4H2,1-2H3,(H,20,22)(H,23,24). The number of carboxylic acids is 1. The molecule has 0 bridgehead atoms. The highest BCUT2D eigenvalue weighted by atomic mass is 35.5. The summed E-state index contributed by atoms with van der Waals surface area (Å²) < 4.78 is 0. The van der Waals surface area contributed by atoms with Crippen LogP contribution in [0.4, 0.5) is 11.4 Å². The molecule has 0 aliphatic carbocycles. The summed E-state index contributed by atoms with van der Waals surface area (Å²) in [7, 11) is 0. The maximum atomic E-state index is 12.3.